The summed E-state index contributed by atoms with van der Waals surface area (Å²) in [5, 5.41) is 0. The van der Waals surface area contributed by atoms with E-state index in [9.17, 15) is 4.79 Å². The quantitative estimate of drug-likeness (QED) is 0.806. The van der Waals surface area contributed by atoms with Gasteiger partial charge in [-0.05, 0) is 31.4 Å². The molecule has 0 bridgehead atoms. The van der Waals surface area contributed by atoms with Crippen LogP contribution in [0.5, 0.6) is 0 Å². The summed E-state index contributed by atoms with van der Waals surface area (Å²) in [5.74, 6) is 5.19. The van der Waals surface area contributed by atoms with Gasteiger partial charge in [-0.1, -0.05) is 18.2 Å². The lowest BCUT2D eigenvalue weighted by Gasteiger charge is -2.24. The summed E-state index contributed by atoms with van der Waals surface area (Å²) in [4.78, 5) is 18.9. The molecule has 1 aliphatic heterocycles. The van der Waals surface area contributed by atoms with Crippen LogP contribution in [-0.2, 0) is 4.84 Å². The van der Waals surface area contributed by atoms with Gasteiger partial charge in [0.15, 0.2) is 0 Å². The Labute approximate surface area is 101 Å². The predicted octanol–water partition coefficient (Wildman–Crippen LogP) is 1.49. The minimum absolute atomic E-state index is 0.0858. The van der Waals surface area contributed by atoms with Crippen LogP contribution < -0.4 is 5.90 Å². The fourth-order valence-corrected chi connectivity index (χ4v) is 2.35. The maximum atomic E-state index is 12.4. The van der Waals surface area contributed by atoms with E-state index in [0.29, 0.717) is 6.61 Å². The van der Waals surface area contributed by atoms with E-state index in [1.807, 2.05) is 36.1 Å². The lowest BCUT2D eigenvalue weighted by atomic mass is 10.1. The summed E-state index contributed by atoms with van der Waals surface area (Å²) in [6.07, 6.45) is 1.99. The van der Waals surface area contributed by atoms with Crippen molar-refractivity contribution in [2.24, 2.45) is 5.90 Å². The van der Waals surface area contributed by atoms with E-state index in [2.05, 4.69) is 4.84 Å². The Morgan fingerprint density at radius 1 is 1.53 bits per heavy atom. The van der Waals surface area contributed by atoms with Crippen LogP contribution in [0.2, 0.25) is 0 Å². The monoisotopic (exact) mass is 234 g/mol. The van der Waals surface area contributed by atoms with Crippen LogP contribution in [0.25, 0.3) is 0 Å². The lowest BCUT2D eigenvalue weighted by Crippen LogP contribution is -2.39. The van der Waals surface area contributed by atoms with Gasteiger partial charge in [0.2, 0.25) is 0 Å². The van der Waals surface area contributed by atoms with Crippen molar-refractivity contribution >= 4 is 5.91 Å². The van der Waals surface area contributed by atoms with Crippen molar-refractivity contribution in [3.8, 4) is 0 Å². The van der Waals surface area contributed by atoms with Crippen LogP contribution in [0.15, 0.2) is 24.3 Å². The highest BCUT2D eigenvalue weighted by molar-refractivity contribution is 5.96. The standard InChI is InChI=1S/C13H18N2O2/c1-10-5-2-3-7-12(10)13(16)15-8-4-6-11(15)9-17-14/h2-3,5,7,11H,4,6,8-9,14H2,1H3. The van der Waals surface area contributed by atoms with E-state index in [1.54, 1.807) is 0 Å². The number of rotatable bonds is 3. The highest BCUT2D eigenvalue weighted by Gasteiger charge is 2.29. The summed E-state index contributed by atoms with van der Waals surface area (Å²) in [7, 11) is 0. The zero-order chi connectivity index (χ0) is 12.3. The highest BCUT2D eigenvalue weighted by Crippen LogP contribution is 2.21. The van der Waals surface area contributed by atoms with Gasteiger partial charge in [0.05, 0.1) is 12.6 Å². The van der Waals surface area contributed by atoms with Gasteiger partial charge >= 0.3 is 0 Å². The van der Waals surface area contributed by atoms with Gasteiger partial charge in [0.25, 0.3) is 5.91 Å². The number of nitrogens with two attached hydrogens (primary N) is 1. The number of hydrogen-bond donors (Lipinski definition) is 1. The molecule has 0 spiro atoms. The van der Waals surface area contributed by atoms with Gasteiger partial charge in [0.1, 0.15) is 0 Å². The van der Waals surface area contributed by atoms with Crippen LogP contribution in [0, 0.1) is 6.92 Å². The topological polar surface area (TPSA) is 55.6 Å². The number of hydrogen-bond acceptors (Lipinski definition) is 3. The summed E-state index contributed by atoms with van der Waals surface area (Å²) < 4.78 is 0. The second-order valence-electron chi connectivity index (χ2n) is 4.44. The second kappa shape index (κ2) is 5.29. The normalized spacial score (nSPS) is 19.6. The van der Waals surface area contributed by atoms with E-state index >= 15 is 0 Å². The molecule has 4 heteroatoms. The molecule has 1 heterocycles. The van der Waals surface area contributed by atoms with Crippen LogP contribution in [0.4, 0.5) is 0 Å². The Bertz CT molecular complexity index is 406. The molecule has 1 aromatic rings. The second-order valence-corrected chi connectivity index (χ2v) is 4.44. The van der Waals surface area contributed by atoms with Gasteiger partial charge in [0, 0.05) is 12.1 Å². The molecule has 2 rings (SSSR count). The molecule has 0 aliphatic carbocycles. The van der Waals surface area contributed by atoms with Gasteiger partial charge < -0.3 is 9.74 Å². The smallest absolute Gasteiger partial charge is 0.254 e. The average Bonchev–Trinajstić information content (AvgIpc) is 2.78. The van der Waals surface area contributed by atoms with Crippen LogP contribution in [-0.4, -0.2) is 30.0 Å². The molecule has 92 valence electrons. The molecule has 0 saturated carbocycles. The summed E-state index contributed by atoms with van der Waals surface area (Å²) in [6.45, 7) is 3.16. The Morgan fingerprint density at radius 3 is 3.00 bits per heavy atom. The van der Waals surface area contributed by atoms with Crippen molar-refractivity contribution in [3.63, 3.8) is 0 Å². The molecule has 0 radical (unpaired) electrons. The van der Waals surface area contributed by atoms with E-state index < -0.39 is 0 Å². The predicted molar refractivity (Wildman–Crippen MR) is 65.4 cm³/mol. The maximum absolute atomic E-state index is 12.4. The lowest BCUT2D eigenvalue weighted by molar-refractivity contribution is 0.0540. The van der Waals surface area contributed by atoms with E-state index in [-0.39, 0.29) is 11.9 Å². The first-order chi connectivity index (χ1) is 8.24. The van der Waals surface area contributed by atoms with Crippen molar-refractivity contribution in [2.45, 2.75) is 25.8 Å². The number of likely N-dealkylation sites (tertiary alicyclic amines) is 1. The molecule has 1 saturated heterocycles. The number of nitrogens with zero attached hydrogens (tertiary/aromatic N) is 1. The SMILES string of the molecule is Cc1ccccc1C(=O)N1CCCC1CON. The van der Waals surface area contributed by atoms with Crippen LogP contribution in [0.1, 0.15) is 28.8 Å². The van der Waals surface area contributed by atoms with Crippen molar-refractivity contribution < 1.29 is 9.63 Å². The van der Waals surface area contributed by atoms with Crippen molar-refractivity contribution in [1.82, 2.24) is 4.90 Å². The molecule has 1 atom stereocenters. The van der Waals surface area contributed by atoms with Crippen LogP contribution >= 0.6 is 0 Å². The molecule has 1 unspecified atom stereocenters. The third-order valence-electron chi connectivity index (χ3n) is 3.30. The number of carbonyl (C=O) groups is 1. The minimum atomic E-state index is 0.0858. The summed E-state index contributed by atoms with van der Waals surface area (Å²) in [5.41, 5.74) is 1.79. The van der Waals surface area contributed by atoms with E-state index in [4.69, 9.17) is 5.90 Å². The number of carbonyl (C=O) groups excluding carboxylic acids is 1. The Balaban J connectivity index is 2.17. The number of aryl methyl sites for hydroxylation is 1. The van der Waals surface area contributed by atoms with Gasteiger partial charge in [-0.2, -0.15) is 0 Å². The van der Waals surface area contributed by atoms with Crippen molar-refractivity contribution in [3.05, 3.63) is 35.4 Å². The maximum Gasteiger partial charge on any atom is 0.254 e. The molecular weight excluding hydrogens is 216 g/mol. The van der Waals surface area contributed by atoms with Crippen molar-refractivity contribution in [1.29, 1.82) is 0 Å². The van der Waals surface area contributed by atoms with Crippen LogP contribution in [0.3, 0.4) is 0 Å². The molecule has 1 fully saturated rings. The Morgan fingerprint density at radius 2 is 2.29 bits per heavy atom. The molecule has 0 aromatic heterocycles. The Kier molecular flexibility index (Phi) is 3.76. The Hall–Kier alpha value is -1.39. The number of amides is 1. The molecule has 17 heavy (non-hydrogen) atoms. The summed E-state index contributed by atoms with van der Waals surface area (Å²) in [6, 6.07) is 7.78. The third-order valence-corrected chi connectivity index (χ3v) is 3.30. The first-order valence-electron chi connectivity index (χ1n) is 5.92. The zero-order valence-electron chi connectivity index (χ0n) is 10.1. The highest BCUT2D eigenvalue weighted by atomic mass is 16.6. The van der Waals surface area contributed by atoms with Gasteiger partial charge in [-0.25, -0.2) is 5.90 Å². The molecular formula is C13H18N2O2. The third kappa shape index (κ3) is 2.48. The molecule has 2 N–H and O–H groups in total. The van der Waals surface area contributed by atoms with Gasteiger partial charge in [-0.15, -0.1) is 0 Å². The number of benzene rings is 1. The van der Waals surface area contributed by atoms with Crippen molar-refractivity contribution in [2.75, 3.05) is 13.2 Å². The largest absolute Gasteiger partial charge is 0.333 e. The molecule has 4 nitrogen and oxygen atoms in total. The zero-order valence-corrected chi connectivity index (χ0v) is 10.1. The first-order valence-corrected chi connectivity index (χ1v) is 5.92. The fourth-order valence-electron chi connectivity index (χ4n) is 2.35. The minimum Gasteiger partial charge on any atom is -0.333 e. The first kappa shape index (κ1) is 12.1. The molecule has 1 amide bonds. The summed E-state index contributed by atoms with van der Waals surface area (Å²) >= 11 is 0. The average molecular weight is 234 g/mol. The molecule has 1 aliphatic rings. The molecule has 1 aromatic carbocycles. The van der Waals surface area contributed by atoms with E-state index in [0.717, 1.165) is 30.5 Å². The van der Waals surface area contributed by atoms with E-state index in [1.165, 1.54) is 0 Å². The van der Waals surface area contributed by atoms with Gasteiger partial charge in [-0.3, -0.25) is 4.79 Å². The fraction of sp³-hybridized carbons (Fsp3) is 0.462.